The summed E-state index contributed by atoms with van der Waals surface area (Å²) in [6.45, 7) is 4.72. The van der Waals surface area contributed by atoms with E-state index in [4.69, 9.17) is 4.42 Å². The zero-order valence-corrected chi connectivity index (χ0v) is 13.2. The Balaban J connectivity index is 1.80. The van der Waals surface area contributed by atoms with E-state index in [0.717, 1.165) is 16.3 Å². The molecule has 4 heteroatoms. The first kappa shape index (κ1) is 14.0. The second-order valence-corrected chi connectivity index (χ2v) is 7.60. The molecule has 1 fully saturated rings. The van der Waals surface area contributed by atoms with Crippen LogP contribution in [0.4, 0.5) is 0 Å². The molecular formula is C16H22N2OS. The van der Waals surface area contributed by atoms with Crippen LogP contribution in [0, 0.1) is 5.41 Å². The summed E-state index contributed by atoms with van der Waals surface area (Å²) in [5.41, 5.74) is 2.24. The van der Waals surface area contributed by atoms with E-state index in [2.05, 4.69) is 31.2 Å². The number of rotatable bonds is 3. The van der Waals surface area contributed by atoms with Crippen LogP contribution in [0.2, 0.25) is 0 Å². The summed E-state index contributed by atoms with van der Waals surface area (Å²) in [7, 11) is 2.06. The number of fused-ring (bicyclic) bond motifs is 1. The first-order valence-corrected chi connectivity index (χ1v) is 8.15. The van der Waals surface area contributed by atoms with Crippen LogP contribution in [0.25, 0.3) is 11.1 Å². The van der Waals surface area contributed by atoms with Crippen molar-refractivity contribution in [3.63, 3.8) is 0 Å². The molecule has 1 aromatic heterocycles. The quantitative estimate of drug-likeness (QED) is 0.924. The fourth-order valence-electron chi connectivity index (χ4n) is 3.01. The lowest BCUT2D eigenvalue weighted by molar-refractivity contribution is 0.218. The Hall–Kier alpha value is -1.00. The molecule has 0 saturated heterocycles. The Morgan fingerprint density at radius 3 is 2.90 bits per heavy atom. The van der Waals surface area contributed by atoms with Crippen LogP contribution in [0.5, 0.6) is 0 Å². The van der Waals surface area contributed by atoms with Crippen molar-refractivity contribution in [1.29, 1.82) is 0 Å². The summed E-state index contributed by atoms with van der Waals surface area (Å²) in [6.07, 6.45) is 3.70. The van der Waals surface area contributed by atoms with Gasteiger partial charge in [0.1, 0.15) is 5.52 Å². The predicted molar refractivity (Wildman–Crippen MR) is 84.1 cm³/mol. The molecule has 0 amide bonds. The van der Waals surface area contributed by atoms with Crippen LogP contribution >= 0.6 is 11.8 Å². The smallest absolute Gasteiger partial charge is 0.257 e. The summed E-state index contributed by atoms with van der Waals surface area (Å²) in [4.78, 5) is 4.59. The molecule has 0 spiro atoms. The van der Waals surface area contributed by atoms with Gasteiger partial charge in [-0.25, -0.2) is 4.98 Å². The van der Waals surface area contributed by atoms with Crippen molar-refractivity contribution >= 4 is 22.9 Å². The SMILES string of the molecule is CNC1CCC(C)(C)CC1Sc1nc2ccccc2o1. The van der Waals surface area contributed by atoms with E-state index in [1.165, 1.54) is 19.3 Å². The van der Waals surface area contributed by atoms with Crippen LogP contribution in [0.15, 0.2) is 33.9 Å². The minimum atomic E-state index is 0.414. The summed E-state index contributed by atoms with van der Waals surface area (Å²) < 4.78 is 5.86. The molecule has 20 heavy (non-hydrogen) atoms. The van der Waals surface area contributed by atoms with E-state index in [1.54, 1.807) is 11.8 Å². The summed E-state index contributed by atoms with van der Waals surface area (Å²) in [5.74, 6) is 0. The molecule has 1 aliphatic rings. The molecule has 0 aliphatic heterocycles. The van der Waals surface area contributed by atoms with Crippen molar-refractivity contribution in [2.75, 3.05) is 7.05 Å². The van der Waals surface area contributed by atoms with Crippen LogP contribution in [-0.4, -0.2) is 23.3 Å². The van der Waals surface area contributed by atoms with E-state index in [-0.39, 0.29) is 0 Å². The molecule has 1 N–H and O–H groups in total. The van der Waals surface area contributed by atoms with Crippen molar-refractivity contribution in [2.45, 2.75) is 49.6 Å². The van der Waals surface area contributed by atoms with E-state index < -0.39 is 0 Å². The fourth-order valence-corrected chi connectivity index (χ4v) is 4.52. The lowest BCUT2D eigenvalue weighted by Gasteiger charge is -2.39. The highest BCUT2D eigenvalue weighted by atomic mass is 32.2. The van der Waals surface area contributed by atoms with Gasteiger partial charge in [0.25, 0.3) is 5.22 Å². The number of nitrogens with zero attached hydrogens (tertiary/aromatic N) is 1. The Kier molecular flexibility index (Phi) is 3.78. The lowest BCUT2D eigenvalue weighted by atomic mass is 9.75. The third-order valence-electron chi connectivity index (χ3n) is 4.23. The molecule has 0 bridgehead atoms. The van der Waals surface area contributed by atoms with Gasteiger partial charge in [0.2, 0.25) is 0 Å². The number of aromatic nitrogens is 1. The highest BCUT2D eigenvalue weighted by molar-refractivity contribution is 7.99. The zero-order chi connectivity index (χ0) is 14.2. The maximum Gasteiger partial charge on any atom is 0.257 e. The van der Waals surface area contributed by atoms with Crippen molar-refractivity contribution in [3.05, 3.63) is 24.3 Å². The van der Waals surface area contributed by atoms with Gasteiger partial charge in [-0.2, -0.15) is 0 Å². The average Bonchev–Trinajstić information content (AvgIpc) is 2.80. The lowest BCUT2D eigenvalue weighted by Crippen LogP contribution is -2.43. The largest absolute Gasteiger partial charge is 0.431 e. The molecule has 1 saturated carbocycles. The van der Waals surface area contributed by atoms with E-state index >= 15 is 0 Å². The molecular weight excluding hydrogens is 268 g/mol. The standard InChI is InChI=1S/C16H22N2OS/c1-16(2)9-8-12(17-3)14(10-16)20-15-18-11-6-4-5-7-13(11)19-15/h4-7,12,14,17H,8-10H2,1-3H3. The molecule has 2 unspecified atom stereocenters. The first-order valence-electron chi connectivity index (χ1n) is 7.27. The molecule has 1 aliphatic carbocycles. The molecule has 2 aromatic rings. The average molecular weight is 290 g/mol. The summed E-state index contributed by atoms with van der Waals surface area (Å²) in [5, 5.41) is 4.78. The van der Waals surface area contributed by atoms with Gasteiger partial charge in [-0.05, 0) is 43.9 Å². The van der Waals surface area contributed by atoms with Crippen molar-refractivity contribution < 1.29 is 4.42 Å². The normalized spacial score (nSPS) is 25.9. The molecule has 0 radical (unpaired) electrons. The topological polar surface area (TPSA) is 38.1 Å². The predicted octanol–water partition coefficient (Wildman–Crippen LogP) is 4.09. The van der Waals surface area contributed by atoms with Gasteiger partial charge in [-0.3, -0.25) is 0 Å². The molecule has 1 aromatic carbocycles. The van der Waals surface area contributed by atoms with Crippen LogP contribution in [-0.2, 0) is 0 Å². The zero-order valence-electron chi connectivity index (χ0n) is 12.3. The first-order chi connectivity index (χ1) is 9.57. The summed E-state index contributed by atoms with van der Waals surface area (Å²) in [6, 6.07) is 8.51. The van der Waals surface area contributed by atoms with Crippen molar-refractivity contribution in [1.82, 2.24) is 10.3 Å². The van der Waals surface area contributed by atoms with Gasteiger partial charge in [-0.15, -0.1) is 0 Å². The van der Waals surface area contributed by atoms with Crippen LogP contribution in [0.3, 0.4) is 0 Å². The number of nitrogens with one attached hydrogen (secondary N) is 1. The fraction of sp³-hybridized carbons (Fsp3) is 0.562. The van der Waals surface area contributed by atoms with Gasteiger partial charge in [0.15, 0.2) is 5.58 Å². The number of hydrogen-bond donors (Lipinski definition) is 1. The minimum absolute atomic E-state index is 0.414. The van der Waals surface area contributed by atoms with Gasteiger partial charge in [-0.1, -0.05) is 37.7 Å². The summed E-state index contributed by atoms with van der Waals surface area (Å²) >= 11 is 1.78. The van der Waals surface area contributed by atoms with Crippen molar-refractivity contribution in [2.24, 2.45) is 5.41 Å². The Morgan fingerprint density at radius 2 is 2.15 bits per heavy atom. The Labute approximate surface area is 124 Å². The molecule has 2 atom stereocenters. The third kappa shape index (κ3) is 2.86. The third-order valence-corrected chi connectivity index (χ3v) is 5.41. The van der Waals surface area contributed by atoms with E-state index in [0.29, 0.717) is 16.7 Å². The number of oxazole rings is 1. The highest BCUT2D eigenvalue weighted by Gasteiger charge is 2.35. The van der Waals surface area contributed by atoms with E-state index in [1.807, 2.05) is 24.3 Å². The van der Waals surface area contributed by atoms with Gasteiger partial charge in [0, 0.05) is 11.3 Å². The van der Waals surface area contributed by atoms with Crippen LogP contribution in [0.1, 0.15) is 33.1 Å². The monoisotopic (exact) mass is 290 g/mol. The number of benzene rings is 1. The van der Waals surface area contributed by atoms with Gasteiger partial charge < -0.3 is 9.73 Å². The maximum absolute atomic E-state index is 5.86. The second-order valence-electron chi connectivity index (χ2n) is 6.41. The Morgan fingerprint density at radius 1 is 1.35 bits per heavy atom. The molecule has 3 rings (SSSR count). The molecule has 3 nitrogen and oxygen atoms in total. The van der Waals surface area contributed by atoms with Gasteiger partial charge >= 0.3 is 0 Å². The molecule has 108 valence electrons. The second kappa shape index (κ2) is 5.41. The highest BCUT2D eigenvalue weighted by Crippen LogP contribution is 2.42. The molecule has 1 heterocycles. The van der Waals surface area contributed by atoms with Crippen molar-refractivity contribution in [3.8, 4) is 0 Å². The van der Waals surface area contributed by atoms with E-state index in [9.17, 15) is 0 Å². The number of thioether (sulfide) groups is 1. The van der Waals surface area contributed by atoms with Gasteiger partial charge in [0.05, 0.1) is 0 Å². The number of hydrogen-bond acceptors (Lipinski definition) is 4. The Bertz CT molecular complexity index is 560. The van der Waals surface area contributed by atoms with Crippen LogP contribution < -0.4 is 5.32 Å². The maximum atomic E-state index is 5.86. The number of para-hydroxylation sites is 2. The minimum Gasteiger partial charge on any atom is -0.431 e.